The van der Waals surface area contributed by atoms with Gasteiger partial charge < -0.3 is 20.1 Å². The van der Waals surface area contributed by atoms with Gasteiger partial charge in [-0.3, -0.25) is 4.57 Å². The first-order chi connectivity index (χ1) is 17.9. The number of alkyl halides is 3. The van der Waals surface area contributed by atoms with Crippen molar-refractivity contribution >= 4 is 27.9 Å². The maximum absolute atomic E-state index is 14.9. The molecule has 8 nitrogen and oxygen atoms in total. The first kappa shape index (κ1) is 26.4. The third-order valence-electron chi connectivity index (χ3n) is 6.43. The highest BCUT2D eigenvalue weighted by molar-refractivity contribution is 8.17. The number of nitrogens with zero attached hydrogens (tertiary/aromatic N) is 3. The predicted octanol–water partition coefficient (Wildman–Crippen LogP) is 3.28. The molecule has 2 N–H and O–H groups in total. The number of thiol groups is 1. The van der Waals surface area contributed by atoms with Crippen LogP contribution in [0.1, 0.15) is 12.5 Å². The highest BCUT2D eigenvalue weighted by Crippen LogP contribution is 2.52. The van der Waals surface area contributed by atoms with E-state index in [4.69, 9.17) is 4.74 Å². The van der Waals surface area contributed by atoms with Gasteiger partial charge in [-0.2, -0.15) is 29.1 Å². The molecule has 1 amide bonds. The predicted molar refractivity (Wildman–Crippen MR) is 129 cm³/mol. The molecule has 2 aliphatic heterocycles. The maximum Gasteiger partial charge on any atom is 0.416 e. The summed E-state index contributed by atoms with van der Waals surface area (Å²) in [5.74, 6) is -2.67. The Bertz CT molecular complexity index is 1480. The highest BCUT2D eigenvalue weighted by atomic mass is 32.2. The van der Waals surface area contributed by atoms with Gasteiger partial charge in [0.15, 0.2) is 0 Å². The van der Waals surface area contributed by atoms with Gasteiger partial charge in [-0.25, -0.2) is 18.4 Å². The van der Waals surface area contributed by atoms with Gasteiger partial charge in [0.2, 0.25) is 5.88 Å². The van der Waals surface area contributed by atoms with Gasteiger partial charge in [-0.05, 0) is 31.2 Å². The van der Waals surface area contributed by atoms with Crippen molar-refractivity contribution in [3.05, 3.63) is 58.0 Å². The minimum Gasteiger partial charge on any atom is -0.390 e. The molecule has 2 aliphatic rings. The monoisotopic (exact) mass is 558 g/mol. The number of ether oxygens (including phenoxy) is 1. The van der Waals surface area contributed by atoms with Crippen LogP contribution in [-0.2, 0) is 12.7 Å². The lowest BCUT2D eigenvalue weighted by atomic mass is 10.1. The van der Waals surface area contributed by atoms with E-state index in [1.165, 1.54) is 4.90 Å². The number of rotatable bonds is 2. The van der Waals surface area contributed by atoms with Crippen LogP contribution in [0.25, 0.3) is 10.9 Å². The molecule has 1 saturated heterocycles. The Balaban J connectivity index is 1.74. The molecular formula is C24H23F5N4O4S. The largest absolute Gasteiger partial charge is 0.416 e. The Kier molecular flexibility index (Phi) is 6.82. The average Bonchev–Trinajstić information content (AvgIpc) is 2.98. The van der Waals surface area contributed by atoms with Crippen molar-refractivity contribution in [2.24, 2.45) is 0 Å². The van der Waals surface area contributed by atoms with Crippen molar-refractivity contribution in [3.63, 3.8) is 0 Å². The van der Waals surface area contributed by atoms with Crippen LogP contribution in [-0.4, -0.2) is 63.2 Å². The van der Waals surface area contributed by atoms with E-state index in [1.807, 2.05) is 6.92 Å². The molecule has 0 saturated carbocycles. The number of nitrogens with one attached hydrogen (secondary N) is 1. The van der Waals surface area contributed by atoms with E-state index in [2.05, 4.69) is 10.3 Å². The molecule has 14 heteroatoms. The molecule has 3 atom stereocenters. The van der Waals surface area contributed by atoms with Crippen LogP contribution in [0.15, 0.2) is 44.9 Å². The molecule has 3 aromatic rings. The standard InChI is InChI=1S/C24H23F5N4O4S/c1-12-9-32(5-4-30-12)23(36)37-21-16-6-13(24(27,28)29)7-19-20(16)33(22(35)31-21)10-15(34)11-38(19)18-3-2-14(25)8-17(18)26/h2-3,6-8,12,15,30,34,38H,4-5,9-11H2,1H3/t12?,15-/m0/s1. The van der Waals surface area contributed by atoms with Crippen LogP contribution >= 0.6 is 10.9 Å². The molecule has 3 heterocycles. The van der Waals surface area contributed by atoms with Crippen molar-refractivity contribution in [1.29, 1.82) is 0 Å². The van der Waals surface area contributed by atoms with Crippen molar-refractivity contribution < 1.29 is 36.6 Å². The van der Waals surface area contributed by atoms with Gasteiger partial charge >= 0.3 is 18.0 Å². The Morgan fingerprint density at radius 3 is 2.63 bits per heavy atom. The molecule has 38 heavy (non-hydrogen) atoms. The Morgan fingerprint density at radius 2 is 1.95 bits per heavy atom. The number of aliphatic hydroxyl groups excluding tert-OH is 1. The normalized spacial score (nSPS) is 22.8. The molecule has 0 bridgehead atoms. The minimum atomic E-state index is -4.85. The second-order valence-electron chi connectivity index (χ2n) is 9.23. The highest BCUT2D eigenvalue weighted by Gasteiger charge is 2.36. The quantitative estimate of drug-likeness (QED) is 0.330. The summed E-state index contributed by atoms with van der Waals surface area (Å²) in [4.78, 5) is 30.8. The number of amides is 1. The number of carbonyl (C=O) groups excluding carboxylic acids is 1. The second-order valence-corrected chi connectivity index (χ2v) is 11.4. The van der Waals surface area contributed by atoms with Crippen molar-refractivity contribution in [3.8, 4) is 5.88 Å². The van der Waals surface area contributed by atoms with Crippen molar-refractivity contribution in [1.82, 2.24) is 19.8 Å². The summed E-state index contributed by atoms with van der Waals surface area (Å²) in [5, 5.41) is 13.5. The van der Waals surface area contributed by atoms with E-state index in [0.29, 0.717) is 12.6 Å². The first-order valence-corrected chi connectivity index (χ1v) is 13.2. The summed E-state index contributed by atoms with van der Waals surface area (Å²) in [6.45, 7) is 2.53. The number of benzene rings is 2. The molecule has 2 aromatic carbocycles. The fourth-order valence-electron chi connectivity index (χ4n) is 4.74. The summed E-state index contributed by atoms with van der Waals surface area (Å²) in [6, 6.07) is 4.18. The zero-order chi connectivity index (χ0) is 27.4. The van der Waals surface area contributed by atoms with Gasteiger partial charge in [-0.1, -0.05) is 0 Å². The molecule has 0 spiro atoms. The van der Waals surface area contributed by atoms with E-state index in [9.17, 15) is 36.6 Å². The summed E-state index contributed by atoms with van der Waals surface area (Å²) in [7, 11) is -2.04. The lowest BCUT2D eigenvalue weighted by Crippen LogP contribution is -2.52. The zero-order valence-corrected chi connectivity index (χ0v) is 20.8. The van der Waals surface area contributed by atoms with Crippen LogP contribution < -0.4 is 15.7 Å². The van der Waals surface area contributed by atoms with Gasteiger partial charge in [-0.15, -0.1) is 0 Å². The van der Waals surface area contributed by atoms with Crippen LogP contribution in [0.2, 0.25) is 0 Å². The van der Waals surface area contributed by atoms with Crippen LogP contribution in [0.3, 0.4) is 0 Å². The Morgan fingerprint density at radius 1 is 1.18 bits per heavy atom. The van der Waals surface area contributed by atoms with Gasteiger partial charge in [0.1, 0.15) is 11.6 Å². The summed E-state index contributed by atoms with van der Waals surface area (Å²) in [6.07, 6.45) is -6.98. The molecule has 1 aromatic heterocycles. The number of hydrogen-bond donors (Lipinski definition) is 3. The van der Waals surface area contributed by atoms with E-state index < -0.39 is 58.0 Å². The number of aliphatic hydroxyl groups is 1. The lowest BCUT2D eigenvalue weighted by Gasteiger charge is -2.31. The minimum absolute atomic E-state index is 0.0535. The number of aromatic nitrogens is 2. The van der Waals surface area contributed by atoms with E-state index in [1.54, 1.807) is 0 Å². The maximum atomic E-state index is 14.9. The third kappa shape index (κ3) is 4.95. The van der Waals surface area contributed by atoms with Crippen LogP contribution in [0, 0.1) is 11.6 Å². The SMILES string of the molecule is CC1CN(C(=O)Oc2nc(=O)n3c4c(cc(C(F)(F)F)cc24)[SH](c2ccc(F)cc2F)C[C@@H](O)C3)CCN1. The Hall–Kier alpha value is -3.23. The molecule has 1 fully saturated rings. The van der Waals surface area contributed by atoms with Gasteiger partial charge in [0.05, 0.1) is 29.1 Å². The number of hydrogen-bond acceptors (Lipinski definition) is 6. The summed E-state index contributed by atoms with van der Waals surface area (Å²) in [5.41, 5.74) is -2.14. The fraction of sp³-hybridized carbons (Fsp3) is 0.375. The molecule has 204 valence electrons. The molecule has 5 rings (SSSR count). The second kappa shape index (κ2) is 9.82. The van der Waals surface area contributed by atoms with Gasteiger partial charge in [0, 0.05) is 47.3 Å². The van der Waals surface area contributed by atoms with Crippen LogP contribution in [0.4, 0.5) is 26.7 Å². The number of carbonyl (C=O) groups is 1. The third-order valence-corrected chi connectivity index (χ3v) is 9.09. The van der Waals surface area contributed by atoms with E-state index in [0.717, 1.165) is 28.8 Å². The fourth-order valence-corrected chi connectivity index (χ4v) is 7.30. The van der Waals surface area contributed by atoms with Crippen molar-refractivity contribution in [2.45, 2.75) is 41.6 Å². The topological polar surface area (TPSA) is 96.7 Å². The number of piperazine rings is 1. The van der Waals surface area contributed by atoms with Crippen LogP contribution in [0.5, 0.6) is 5.88 Å². The molecule has 0 aliphatic carbocycles. The zero-order valence-electron chi connectivity index (χ0n) is 19.9. The molecular weight excluding hydrogens is 535 g/mol. The first-order valence-electron chi connectivity index (χ1n) is 11.7. The Labute approximate surface area is 215 Å². The smallest absolute Gasteiger partial charge is 0.390 e. The van der Waals surface area contributed by atoms with E-state index in [-0.39, 0.29) is 52.1 Å². The summed E-state index contributed by atoms with van der Waals surface area (Å²) >= 11 is 0. The van der Waals surface area contributed by atoms with E-state index >= 15 is 0 Å². The molecule has 0 radical (unpaired) electrons. The van der Waals surface area contributed by atoms with Gasteiger partial charge in [0.25, 0.3) is 0 Å². The molecule has 2 unspecified atom stereocenters. The van der Waals surface area contributed by atoms with Crippen molar-refractivity contribution in [2.75, 3.05) is 25.4 Å². The average molecular weight is 559 g/mol. The lowest BCUT2D eigenvalue weighted by molar-refractivity contribution is -0.137. The summed E-state index contributed by atoms with van der Waals surface area (Å²) < 4.78 is 76.9. The number of halogens is 5.